The second kappa shape index (κ2) is 8.66. The predicted molar refractivity (Wildman–Crippen MR) is 122 cm³/mol. The summed E-state index contributed by atoms with van der Waals surface area (Å²) in [6.07, 6.45) is 1.67. The SMILES string of the molecule is Cn1c(CCCC(=O)NCc2ccc3c(c2)OCO3)c(I)c2cc(C(=O)O)c(O)cc21. The average molecular weight is 536 g/mol. The maximum atomic E-state index is 12.3. The number of aromatic carboxylic acids is 1. The number of carbonyl (C=O) groups is 2. The maximum absolute atomic E-state index is 12.3. The van der Waals surface area contributed by atoms with Crippen molar-refractivity contribution in [3.63, 3.8) is 0 Å². The van der Waals surface area contributed by atoms with Gasteiger partial charge in [0.25, 0.3) is 0 Å². The molecule has 2 aromatic carbocycles. The Kier molecular flexibility index (Phi) is 5.94. The summed E-state index contributed by atoms with van der Waals surface area (Å²) in [6, 6.07) is 8.56. The van der Waals surface area contributed by atoms with Crippen LogP contribution in [0.3, 0.4) is 0 Å². The van der Waals surface area contributed by atoms with Crippen molar-refractivity contribution in [3.8, 4) is 17.2 Å². The number of nitrogens with zero attached hydrogens (tertiary/aromatic N) is 1. The smallest absolute Gasteiger partial charge is 0.339 e. The fourth-order valence-electron chi connectivity index (χ4n) is 3.68. The Morgan fingerprint density at radius 1 is 1.19 bits per heavy atom. The van der Waals surface area contributed by atoms with Crippen LogP contribution < -0.4 is 14.8 Å². The van der Waals surface area contributed by atoms with Crippen molar-refractivity contribution in [2.24, 2.45) is 7.05 Å². The van der Waals surface area contributed by atoms with Crippen molar-refractivity contribution < 1.29 is 29.3 Å². The van der Waals surface area contributed by atoms with Gasteiger partial charge in [-0.2, -0.15) is 0 Å². The Bertz CT molecular complexity index is 1190. The van der Waals surface area contributed by atoms with Gasteiger partial charge in [-0.15, -0.1) is 0 Å². The molecule has 3 N–H and O–H groups in total. The van der Waals surface area contributed by atoms with Crippen molar-refractivity contribution in [2.75, 3.05) is 6.79 Å². The average Bonchev–Trinajstić information content (AvgIpc) is 3.29. The van der Waals surface area contributed by atoms with Gasteiger partial charge in [0, 0.05) is 40.7 Å². The number of ether oxygens (including phenoxy) is 2. The molecule has 8 nitrogen and oxygen atoms in total. The zero-order valence-electron chi connectivity index (χ0n) is 16.8. The molecule has 0 bridgehead atoms. The lowest BCUT2D eigenvalue weighted by molar-refractivity contribution is -0.121. The predicted octanol–water partition coefficient (Wildman–Crippen LogP) is 3.55. The molecule has 0 fully saturated rings. The third-order valence-electron chi connectivity index (χ3n) is 5.34. The molecule has 0 atom stereocenters. The Morgan fingerprint density at radius 2 is 1.97 bits per heavy atom. The molecule has 0 unspecified atom stereocenters. The van der Waals surface area contributed by atoms with Gasteiger partial charge < -0.3 is 29.6 Å². The lowest BCUT2D eigenvalue weighted by atomic mass is 10.1. The van der Waals surface area contributed by atoms with E-state index in [-0.39, 0.29) is 24.0 Å². The van der Waals surface area contributed by atoms with E-state index in [1.54, 1.807) is 0 Å². The third kappa shape index (κ3) is 4.27. The number of amides is 1. The summed E-state index contributed by atoms with van der Waals surface area (Å²) in [4.78, 5) is 23.6. The highest BCUT2D eigenvalue weighted by Crippen LogP contribution is 2.33. The number of aryl methyl sites for hydroxylation is 1. The van der Waals surface area contributed by atoms with Crippen molar-refractivity contribution in [2.45, 2.75) is 25.8 Å². The van der Waals surface area contributed by atoms with Crippen LogP contribution >= 0.6 is 22.6 Å². The van der Waals surface area contributed by atoms with Crippen LogP contribution in [0.15, 0.2) is 30.3 Å². The molecule has 0 saturated heterocycles. The fraction of sp³-hybridized carbons (Fsp3) is 0.273. The van der Waals surface area contributed by atoms with Crippen LogP contribution in [0.25, 0.3) is 10.9 Å². The van der Waals surface area contributed by atoms with Crippen LogP contribution in [0.4, 0.5) is 0 Å². The van der Waals surface area contributed by atoms with Crippen LogP contribution in [-0.2, 0) is 24.8 Å². The maximum Gasteiger partial charge on any atom is 0.339 e. The van der Waals surface area contributed by atoms with E-state index >= 15 is 0 Å². The monoisotopic (exact) mass is 536 g/mol. The molecule has 1 amide bonds. The van der Waals surface area contributed by atoms with Crippen molar-refractivity contribution in [1.29, 1.82) is 0 Å². The molecular weight excluding hydrogens is 515 g/mol. The molecule has 0 radical (unpaired) electrons. The van der Waals surface area contributed by atoms with Gasteiger partial charge in [0.15, 0.2) is 11.5 Å². The van der Waals surface area contributed by atoms with E-state index in [4.69, 9.17) is 9.47 Å². The van der Waals surface area contributed by atoms with E-state index in [0.717, 1.165) is 25.7 Å². The zero-order chi connectivity index (χ0) is 22.1. The van der Waals surface area contributed by atoms with E-state index in [2.05, 4.69) is 27.9 Å². The molecule has 4 rings (SSSR count). The lowest BCUT2D eigenvalue weighted by Crippen LogP contribution is -2.22. The molecule has 1 aromatic heterocycles. The molecule has 0 spiro atoms. The topological polar surface area (TPSA) is 110 Å². The summed E-state index contributed by atoms with van der Waals surface area (Å²) in [5, 5.41) is 22.9. The summed E-state index contributed by atoms with van der Waals surface area (Å²) < 4.78 is 13.5. The molecular formula is C22H21IN2O6. The van der Waals surface area contributed by atoms with Crippen LogP contribution in [0, 0.1) is 3.57 Å². The van der Waals surface area contributed by atoms with Gasteiger partial charge in [-0.3, -0.25) is 4.79 Å². The Morgan fingerprint density at radius 3 is 2.74 bits per heavy atom. The number of carboxylic acids is 1. The molecule has 0 saturated carbocycles. The quantitative estimate of drug-likeness (QED) is 0.399. The highest BCUT2D eigenvalue weighted by atomic mass is 127. The van der Waals surface area contributed by atoms with Crippen molar-refractivity contribution in [1.82, 2.24) is 9.88 Å². The van der Waals surface area contributed by atoms with Crippen LogP contribution in [0.5, 0.6) is 17.2 Å². The van der Waals surface area contributed by atoms with Gasteiger partial charge in [0.2, 0.25) is 12.7 Å². The van der Waals surface area contributed by atoms with Gasteiger partial charge >= 0.3 is 5.97 Å². The highest BCUT2D eigenvalue weighted by Gasteiger charge is 2.19. The molecule has 9 heteroatoms. The normalized spacial score (nSPS) is 12.3. The Labute approximate surface area is 191 Å². The minimum atomic E-state index is -1.17. The second-order valence-electron chi connectivity index (χ2n) is 7.33. The summed E-state index contributed by atoms with van der Waals surface area (Å²) in [6.45, 7) is 0.633. The number of rotatable bonds is 7. The van der Waals surface area contributed by atoms with E-state index < -0.39 is 5.97 Å². The number of halogens is 1. The second-order valence-corrected chi connectivity index (χ2v) is 8.41. The molecule has 162 valence electrons. The first kappa shape index (κ1) is 21.3. The fourth-order valence-corrected chi connectivity index (χ4v) is 4.75. The van der Waals surface area contributed by atoms with Crippen LogP contribution in [0.1, 0.15) is 34.5 Å². The summed E-state index contributed by atoms with van der Waals surface area (Å²) in [5.41, 5.74) is 2.58. The van der Waals surface area contributed by atoms with Crippen LogP contribution in [0.2, 0.25) is 0 Å². The Hall–Kier alpha value is -2.95. The largest absolute Gasteiger partial charge is 0.507 e. The number of carboxylic acid groups (broad SMARTS) is 1. The number of nitrogens with one attached hydrogen (secondary N) is 1. The first-order valence-electron chi connectivity index (χ1n) is 9.73. The van der Waals surface area contributed by atoms with Crippen molar-refractivity contribution >= 4 is 45.4 Å². The van der Waals surface area contributed by atoms with Gasteiger partial charge in [0.05, 0.1) is 5.52 Å². The molecule has 1 aliphatic rings. The number of phenols is 1. The Balaban J connectivity index is 1.36. The van der Waals surface area contributed by atoms with E-state index in [1.807, 2.05) is 29.8 Å². The summed E-state index contributed by atoms with van der Waals surface area (Å²) in [5.74, 6) is -0.0685. The zero-order valence-corrected chi connectivity index (χ0v) is 18.9. The summed E-state index contributed by atoms with van der Waals surface area (Å²) in [7, 11) is 1.87. The molecule has 3 aromatic rings. The first-order valence-corrected chi connectivity index (χ1v) is 10.8. The lowest BCUT2D eigenvalue weighted by Gasteiger charge is -2.08. The first-order chi connectivity index (χ1) is 14.8. The van der Waals surface area contributed by atoms with Crippen molar-refractivity contribution in [3.05, 3.63) is 50.7 Å². The van der Waals surface area contributed by atoms with E-state index in [0.29, 0.717) is 37.3 Å². The molecule has 1 aliphatic heterocycles. The number of aromatic hydroxyl groups is 1. The molecule has 2 heterocycles. The van der Waals surface area contributed by atoms with Gasteiger partial charge in [0.1, 0.15) is 11.3 Å². The minimum Gasteiger partial charge on any atom is -0.507 e. The third-order valence-corrected chi connectivity index (χ3v) is 6.55. The minimum absolute atomic E-state index is 0.0442. The van der Waals surface area contributed by atoms with E-state index in [1.165, 1.54) is 12.1 Å². The summed E-state index contributed by atoms with van der Waals surface area (Å²) >= 11 is 2.19. The molecule has 31 heavy (non-hydrogen) atoms. The van der Waals surface area contributed by atoms with Gasteiger partial charge in [-0.1, -0.05) is 6.07 Å². The van der Waals surface area contributed by atoms with E-state index in [9.17, 15) is 19.8 Å². The standard InChI is InChI=1S/C22H21IN2O6/c1-25-15(21(23)13-8-14(22(28)29)17(26)9-16(13)25)3-2-4-20(27)24-10-12-5-6-18-19(7-12)31-11-30-18/h5-9,26H,2-4,10-11H2,1H3,(H,24,27)(H,28,29). The highest BCUT2D eigenvalue weighted by molar-refractivity contribution is 14.1. The number of benzene rings is 2. The molecule has 0 aliphatic carbocycles. The number of carbonyl (C=O) groups excluding carboxylic acids is 1. The van der Waals surface area contributed by atoms with Crippen LogP contribution in [-0.4, -0.2) is 33.4 Å². The van der Waals surface area contributed by atoms with Gasteiger partial charge in [-0.25, -0.2) is 4.79 Å². The van der Waals surface area contributed by atoms with Gasteiger partial charge in [-0.05, 0) is 59.2 Å². The number of hydrogen-bond donors (Lipinski definition) is 3. The number of aromatic nitrogens is 1. The number of hydrogen-bond acceptors (Lipinski definition) is 5. The number of fused-ring (bicyclic) bond motifs is 2.